The minimum Gasteiger partial charge on any atom is -0.394 e. The number of carbonyl (C=O) groups excluding carboxylic acids is 3. The second-order valence-corrected chi connectivity index (χ2v) is 6.82. The average Bonchev–Trinajstić information content (AvgIpc) is 2.68. The van der Waals surface area contributed by atoms with Gasteiger partial charge in [0.15, 0.2) is 17.4 Å². The molecule has 0 aliphatic rings. The van der Waals surface area contributed by atoms with Crippen LogP contribution in [0.25, 0.3) is 0 Å². The number of ketones is 3. The first-order chi connectivity index (χ1) is 13.5. The predicted octanol–water partition coefficient (Wildman–Crippen LogP) is 4.80. The molecule has 2 N–H and O–H groups in total. The van der Waals surface area contributed by atoms with E-state index in [1.807, 2.05) is 0 Å². The minimum absolute atomic E-state index is 0.0189. The van der Waals surface area contributed by atoms with Crippen LogP contribution in [0.15, 0.2) is 24.3 Å². The first-order valence-corrected chi connectivity index (χ1v) is 10.2. The number of benzene rings is 2. The van der Waals surface area contributed by atoms with Gasteiger partial charge in [-0.05, 0) is 31.2 Å². The van der Waals surface area contributed by atoms with E-state index < -0.39 is 40.5 Å². The maximum Gasteiger partial charge on any atom is 0.176 e. The number of hydrogen-bond donors (Lipinski definition) is 1. The molecule has 0 atom stereocenters. The van der Waals surface area contributed by atoms with E-state index in [1.54, 1.807) is 0 Å². The van der Waals surface area contributed by atoms with Crippen LogP contribution >= 0.6 is 31.9 Å². The molecule has 2 aromatic rings. The number of hydrogen-bond acceptors (Lipinski definition) is 4. The summed E-state index contributed by atoms with van der Waals surface area (Å²) < 4.78 is 52.7. The third-order valence-corrected chi connectivity index (χ3v) is 4.60. The van der Waals surface area contributed by atoms with Gasteiger partial charge in [0, 0.05) is 12.0 Å². The summed E-state index contributed by atoms with van der Waals surface area (Å²) in [5.74, 6) is -4.92. The summed E-state index contributed by atoms with van der Waals surface area (Å²) >= 11 is 5.78. The highest BCUT2D eigenvalue weighted by atomic mass is 79.9. The Labute approximate surface area is 180 Å². The van der Waals surface area contributed by atoms with Crippen molar-refractivity contribution in [3.05, 3.63) is 64.2 Å². The van der Waals surface area contributed by atoms with Gasteiger partial charge in [0.1, 0.15) is 28.9 Å². The number of halogens is 6. The highest BCUT2D eigenvalue weighted by molar-refractivity contribution is 9.09. The summed E-state index contributed by atoms with van der Waals surface area (Å²) in [7, 11) is 0. The Balaban J connectivity index is 0.000000296. The Kier molecular flexibility index (Phi) is 9.64. The highest BCUT2D eigenvalue weighted by Crippen LogP contribution is 2.20. The average molecular weight is 541 g/mol. The molecule has 0 aliphatic carbocycles. The van der Waals surface area contributed by atoms with Gasteiger partial charge in [-0.3, -0.25) is 14.4 Å². The summed E-state index contributed by atoms with van der Waals surface area (Å²) in [6.07, 6.45) is -0.346. The van der Waals surface area contributed by atoms with Gasteiger partial charge in [0.2, 0.25) is 0 Å². The van der Waals surface area contributed by atoms with Gasteiger partial charge in [-0.2, -0.15) is 0 Å². The van der Waals surface area contributed by atoms with E-state index in [-0.39, 0.29) is 39.6 Å². The molecular formula is C19H15Br2F4NO3. The van der Waals surface area contributed by atoms with E-state index in [1.165, 1.54) is 6.92 Å². The lowest BCUT2D eigenvalue weighted by atomic mass is 10.0. The Hall–Kier alpha value is -2.07. The molecule has 0 aliphatic heterocycles. The van der Waals surface area contributed by atoms with Crippen LogP contribution in [0.2, 0.25) is 0 Å². The first-order valence-electron chi connectivity index (χ1n) is 7.93. The quantitative estimate of drug-likeness (QED) is 0.247. The lowest BCUT2D eigenvalue weighted by molar-refractivity contribution is -0.116. The molecule has 10 heteroatoms. The van der Waals surface area contributed by atoms with E-state index in [2.05, 4.69) is 31.9 Å². The second-order valence-electron chi connectivity index (χ2n) is 5.70. The molecule has 29 heavy (non-hydrogen) atoms. The van der Waals surface area contributed by atoms with Crippen molar-refractivity contribution < 1.29 is 31.9 Å². The molecule has 4 nitrogen and oxygen atoms in total. The molecule has 0 saturated carbocycles. The van der Waals surface area contributed by atoms with Gasteiger partial charge in [-0.15, -0.1) is 0 Å². The standard InChI is InChI=1S/C11H9BrF2O2.C8H6BrF2NO/c1-6(15)4-8-9(13)3-2-7(11(8)14)10(16)5-12;9-3-6(13)4-1-2-5(10)8(12)7(4)11/h2-3H,4-5H2,1H3;1-2H,3,12H2. The predicted molar refractivity (Wildman–Crippen MR) is 108 cm³/mol. The largest absolute Gasteiger partial charge is 0.394 e. The topological polar surface area (TPSA) is 77.2 Å². The van der Waals surface area contributed by atoms with Crippen molar-refractivity contribution in [3.8, 4) is 0 Å². The molecule has 0 aromatic heterocycles. The van der Waals surface area contributed by atoms with Gasteiger partial charge >= 0.3 is 0 Å². The van der Waals surface area contributed by atoms with E-state index >= 15 is 0 Å². The molecule has 156 valence electrons. The van der Waals surface area contributed by atoms with Crippen LogP contribution in [0.5, 0.6) is 0 Å². The van der Waals surface area contributed by atoms with Crippen LogP contribution in [0.1, 0.15) is 33.2 Å². The zero-order valence-electron chi connectivity index (χ0n) is 15.0. The molecule has 2 rings (SSSR count). The second kappa shape index (κ2) is 11.2. The lowest BCUT2D eigenvalue weighted by Gasteiger charge is -2.06. The van der Waals surface area contributed by atoms with Gasteiger partial charge in [0.25, 0.3) is 0 Å². The number of anilines is 1. The Bertz CT molecular complexity index is 952. The fourth-order valence-electron chi connectivity index (χ4n) is 2.15. The number of carbonyl (C=O) groups is 3. The van der Waals surface area contributed by atoms with Crippen LogP contribution < -0.4 is 5.73 Å². The maximum atomic E-state index is 13.7. The fraction of sp³-hybridized carbons (Fsp3) is 0.211. The maximum absolute atomic E-state index is 13.7. The number of nitrogens with two attached hydrogens (primary N) is 1. The third-order valence-electron chi connectivity index (χ3n) is 3.58. The molecule has 0 unspecified atom stereocenters. The molecule has 2 aromatic carbocycles. The van der Waals surface area contributed by atoms with Gasteiger partial charge in [0.05, 0.1) is 21.8 Å². The molecule has 0 amide bonds. The molecule has 0 spiro atoms. The Morgan fingerprint density at radius 3 is 1.72 bits per heavy atom. The van der Waals surface area contributed by atoms with Crippen molar-refractivity contribution in [2.45, 2.75) is 13.3 Å². The first kappa shape index (κ1) is 25.0. The van der Waals surface area contributed by atoms with Crippen LogP contribution in [0.3, 0.4) is 0 Å². The van der Waals surface area contributed by atoms with Crippen LogP contribution in [-0.4, -0.2) is 28.0 Å². The van der Waals surface area contributed by atoms with Crippen molar-refractivity contribution in [1.29, 1.82) is 0 Å². The molecular weight excluding hydrogens is 526 g/mol. The van der Waals surface area contributed by atoms with Gasteiger partial charge in [-0.1, -0.05) is 31.9 Å². The Morgan fingerprint density at radius 1 is 0.828 bits per heavy atom. The minimum atomic E-state index is -0.996. The normalized spacial score (nSPS) is 10.2. The lowest BCUT2D eigenvalue weighted by Crippen LogP contribution is -2.10. The van der Waals surface area contributed by atoms with Gasteiger partial charge in [-0.25, -0.2) is 17.6 Å². The summed E-state index contributed by atoms with van der Waals surface area (Å²) in [6, 6.07) is 4.12. The number of Topliss-reactive ketones (excluding diaryl/α,β-unsaturated/α-hetero) is 3. The molecule has 0 bridgehead atoms. The SMILES string of the molecule is CC(=O)Cc1c(F)ccc(C(=O)CBr)c1F.Nc1c(F)ccc(C(=O)CBr)c1F. The van der Waals surface area contributed by atoms with Crippen LogP contribution in [-0.2, 0) is 11.2 Å². The number of nitrogen functional groups attached to an aromatic ring is 1. The summed E-state index contributed by atoms with van der Waals surface area (Å²) in [5, 5.41) is -0.0654. The highest BCUT2D eigenvalue weighted by Gasteiger charge is 2.18. The molecule has 0 radical (unpaired) electrons. The smallest absolute Gasteiger partial charge is 0.176 e. The summed E-state index contributed by atoms with van der Waals surface area (Å²) in [5.41, 5.74) is 3.69. The monoisotopic (exact) mass is 539 g/mol. The van der Waals surface area contributed by atoms with E-state index in [9.17, 15) is 31.9 Å². The summed E-state index contributed by atoms with van der Waals surface area (Å²) in [4.78, 5) is 33.2. The van der Waals surface area contributed by atoms with Crippen molar-refractivity contribution in [1.82, 2.24) is 0 Å². The van der Waals surface area contributed by atoms with Crippen molar-refractivity contribution in [3.63, 3.8) is 0 Å². The number of alkyl halides is 2. The van der Waals surface area contributed by atoms with E-state index in [0.29, 0.717) is 0 Å². The van der Waals surface area contributed by atoms with E-state index in [0.717, 1.165) is 24.3 Å². The Morgan fingerprint density at radius 2 is 1.28 bits per heavy atom. The van der Waals surface area contributed by atoms with Crippen molar-refractivity contribution in [2.24, 2.45) is 0 Å². The fourth-order valence-corrected chi connectivity index (χ4v) is 2.76. The zero-order valence-corrected chi connectivity index (χ0v) is 18.2. The van der Waals surface area contributed by atoms with Crippen LogP contribution in [0.4, 0.5) is 23.2 Å². The van der Waals surface area contributed by atoms with Crippen molar-refractivity contribution in [2.75, 3.05) is 16.4 Å². The zero-order chi connectivity index (χ0) is 22.3. The number of rotatable bonds is 6. The van der Waals surface area contributed by atoms with Crippen molar-refractivity contribution >= 4 is 54.9 Å². The van der Waals surface area contributed by atoms with Crippen LogP contribution in [0, 0.1) is 23.3 Å². The summed E-state index contributed by atoms with van der Waals surface area (Å²) in [6.45, 7) is 1.23. The molecule has 0 saturated heterocycles. The third kappa shape index (κ3) is 6.46. The van der Waals surface area contributed by atoms with E-state index in [4.69, 9.17) is 5.73 Å². The van der Waals surface area contributed by atoms with Gasteiger partial charge < -0.3 is 5.73 Å². The molecule has 0 fully saturated rings. The molecule has 0 heterocycles.